The van der Waals surface area contributed by atoms with E-state index in [4.69, 9.17) is 5.73 Å². The number of para-hydroxylation sites is 1. The van der Waals surface area contributed by atoms with Crippen molar-refractivity contribution in [3.63, 3.8) is 0 Å². The SMILES string of the molecule is CCSc1nn(-c2ccccc2)c(N)c1C(=O)O. The van der Waals surface area contributed by atoms with E-state index in [0.29, 0.717) is 5.03 Å². The Labute approximate surface area is 109 Å². The van der Waals surface area contributed by atoms with Crippen LogP contribution in [0.1, 0.15) is 17.3 Å². The first-order valence-electron chi connectivity index (χ1n) is 5.45. The van der Waals surface area contributed by atoms with E-state index in [0.717, 1.165) is 11.4 Å². The van der Waals surface area contributed by atoms with E-state index in [1.165, 1.54) is 16.4 Å². The van der Waals surface area contributed by atoms with Gasteiger partial charge in [-0.2, -0.15) is 5.10 Å². The Balaban J connectivity index is 2.57. The molecule has 1 heterocycles. The Morgan fingerprint density at radius 1 is 1.44 bits per heavy atom. The van der Waals surface area contributed by atoms with Crippen molar-refractivity contribution in [2.75, 3.05) is 11.5 Å². The molecule has 0 bridgehead atoms. The second-order valence-electron chi connectivity index (χ2n) is 3.55. The summed E-state index contributed by atoms with van der Waals surface area (Å²) in [5.41, 5.74) is 6.70. The normalized spacial score (nSPS) is 10.5. The van der Waals surface area contributed by atoms with Crippen LogP contribution in [0.3, 0.4) is 0 Å². The number of benzene rings is 1. The predicted molar refractivity (Wildman–Crippen MR) is 71.3 cm³/mol. The molecule has 0 fully saturated rings. The highest BCUT2D eigenvalue weighted by Crippen LogP contribution is 2.28. The molecule has 18 heavy (non-hydrogen) atoms. The summed E-state index contributed by atoms with van der Waals surface area (Å²) >= 11 is 1.37. The number of carbonyl (C=O) groups is 1. The van der Waals surface area contributed by atoms with Crippen molar-refractivity contribution in [1.82, 2.24) is 9.78 Å². The molecule has 0 amide bonds. The molecular weight excluding hydrogens is 250 g/mol. The number of nitrogen functional groups attached to an aromatic ring is 1. The number of carboxylic acid groups (broad SMARTS) is 1. The summed E-state index contributed by atoms with van der Waals surface area (Å²) in [5.74, 6) is -0.152. The van der Waals surface area contributed by atoms with Gasteiger partial charge in [0.05, 0.1) is 5.69 Å². The summed E-state index contributed by atoms with van der Waals surface area (Å²) in [6, 6.07) is 9.24. The van der Waals surface area contributed by atoms with Gasteiger partial charge < -0.3 is 10.8 Å². The van der Waals surface area contributed by atoms with Gasteiger partial charge in [0.1, 0.15) is 16.4 Å². The average Bonchev–Trinajstić information content (AvgIpc) is 2.68. The van der Waals surface area contributed by atoms with E-state index in [1.807, 2.05) is 37.3 Å². The van der Waals surface area contributed by atoms with Crippen LogP contribution >= 0.6 is 11.8 Å². The quantitative estimate of drug-likeness (QED) is 0.827. The van der Waals surface area contributed by atoms with Crippen molar-refractivity contribution in [1.29, 1.82) is 0 Å². The molecule has 0 unspecified atom stereocenters. The maximum absolute atomic E-state index is 11.2. The first-order valence-corrected chi connectivity index (χ1v) is 6.43. The molecule has 2 aromatic rings. The average molecular weight is 263 g/mol. The Kier molecular flexibility index (Phi) is 3.57. The summed E-state index contributed by atoms with van der Waals surface area (Å²) < 4.78 is 1.46. The number of thioether (sulfide) groups is 1. The number of aromatic carboxylic acids is 1. The molecule has 0 spiro atoms. The van der Waals surface area contributed by atoms with Crippen LogP contribution in [0, 0.1) is 0 Å². The Bertz CT molecular complexity index is 566. The molecule has 0 radical (unpaired) electrons. The van der Waals surface area contributed by atoms with Gasteiger partial charge in [-0.05, 0) is 17.9 Å². The zero-order valence-electron chi connectivity index (χ0n) is 9.83. The minimum atomic E-state index is -1.05. The highest BCUT2D eigenvalue weighted by Gasteiger charge is 2.22. The van der Waals surface area contributed by atoms with Gasteiger partial charge in [-0.15, -0.1) is 11.8 Å². The van der Waals surface area contributed by atoms with Crippen LogP contribution in [0.5, 0.6) is 0 Å². The molecule has 0 aliphatic rings. The molecule has 6 heteroatoms. The second kappa shape index (κ2) is 5.14. The highest BCUT2D eigenvalue weighted by molar-refractivity contribution is 7.99. The number of rotatable bonds is 4. The lowest BCUT2D eigenvalue weighted by molar-refractivity contribution is 0.0694. The summed E-state index contributed by atoms with van der Waals surface area (Å²) in [6.45, 7) is 1.94. The molecule has 0 aliphatic heterocycles. The molecule has 0 saturated carbocycles. The molecule has 0 saturated heterocycles. The van der Waals surface area contributed by atoms with Gasteiger partial charge in [0.2, 0.25) is 0 Å². The minimum Gasteiger partial charge on any atom is -0.477 e. The van der Waals surface area contributed by atoms with Crippen LogP contribution in [0.2, 0.25) is 0 Å². The Hall–Kier alpha value is -1.95. The topological polar surface area (TPSA) is 81.1 Å². The van der Waals surface area contributed by atoms with E-state index in [9.17, 15) is 9.90 Å². The summed E-state index contributed by atoms with van der Waals surface area (Å²) in [7, 11) is 0. The van der Waals surface area contributed by atoms with E-state index in [-0.39, 0.29) is 11.4 Å². The fourth-order valence-electron chi connectivity index (χ4n) is 1.61. The number of carboxylic acids is 1. The second-order valence-corrected chi connectivity index (χ2v) is 4.80. The van der Waals surface area contributed by atoms with Crippen molar-refractivity contribution in [3.8, 4) is 5.69 Å². The van der Waals surface area contributed by atoms with E-state index >= 15 is 0 Å². The van der Waals surface area contributed by atoms with Crippen LogP contribution in [0.15, 0.2) is 35.4 Å². The molecule has 3 N–H and O–H groups in total. The van der Waals surface area contributed by atoms with Gasteiger partial charge in [-0.3, -0.25) is 0 Å². The fourth-order valence-corrected chi connectivity index (χ4v) is 2.36. The number of hydrogen-bond donors (Lipinski definition) is 2. The van der Waals surface area contributed by atoms with Gasteiger partial charge in [-0.25, -0.2) is 9.48 Å². The molecule has 5 nitrogen and oxygen atoms in total. The van der Waals surface area contributed by atoms with Crippen molar-refractivity contribution >= 4 is 23.5 Å². The molecule has 94 valence electrons. The van der Waals surface area contributed by atoms with Crippen LogP contribution in [-0.4, -0.2) is 26.6 Å². The minimum absolute atomic E-state index is 0.0747. The summed E-state index contributed by atoms with van der Waals surface area (Å²) in [5, 5.41) is 13.9. The number of nitrogens with two attached hydrogens (primary N) is 1. The maximum Gasteiger partial charge on any atom is 0.342 e. The Morgan fingerprint density at radius 2 is 2.11 bits per heavy atom. The van der Waals surface area contributed by atoms with Gasteiger partial charge in [-0.1, -0.05) is 25.1 Å². The molecular formula is C12H13N3O2S. The lowest BCUT2D eigenvalue weighted by Gasteiger charge is -2.02. The first-order chi connectivity index (χ1) is 8.65. The monoisotopic (exact) mass is 263 g/mol. The molecule has 1 aromatic heterocycles. The molecule has 2 rings (SSSR count). The number of nitrogens with zero attached hydrogens (tertiary/aromatic N) is 2. The van der Waals surface area contributed by atoms with Crippen molar-refractivity contribution < 1.29 is 9.90 Å². The maximum atomic E-state index is 11.2. The zero-order chi connectivity index (χ0) is 13.1. The van der Waals surface area contributed by atoms with Crippen molar-refractivity contribution in [2.24, 2.45) is 0 Å². The number of aromatic nitrogens is 2. The first kappa shape index (κ1) is 12.5. The van der Waals surface area contributed by atoms with Crippen LogP contribution in [0.25, 0.3) is 5.69 Å². The van der Waals surface area contributed by atoms with E-state index in [2.05, 4.69) is 5.10 Å². The molecule has 1 aromatic carbocycles. The molecule has 0 atom stereocenters. The van der Waals surface area contributed by atoms with Gasteiger partial charge in [0.25, 0.3) is 0 Å². The van der Waals surface area contributed by atoms with Crippen LogP contribution in [0.4, 0.5) is 5.82 Å². The predicted octanol–water partition coefficient (Wildman–Crippen LogP) is 2.26. The standard InChI is InChI=1S/C12H13N3O2S/c1-2-18-11-9(12(16)17)10(13)15(14-11)8-6-4-3-5-7-8/h3-7H,2,13H2,1H3,(H,16,17). The lowest BCUT2D eigenvalue weighted by Crippen LogP contribution is -2.05. The highest BCUT2D eigenvalue weighted by atomic mass is 32.2. The van der Waals surface area contributed by atoms with Crippen LogP contribution < -0.4 is 5.73 Å². The van der Waals surface area contributed by atoms with Gasteiger partial charge >= 0.3 is 5.97 Å². The fraction of sp³-hybridized carbons (Fsp3) is 0.167. The van der Waals surface area contributed by atoms with Crippen LogP contribution in [-0.2, 0) is 0 Å². The molecule has 0 aliphatic carbocycles. The third-order valence-electron chi connectivity index (χ3n) is 2.38. The van der Waals surface area contributed by atoms with E-state index in [1.54, 1.807) is 0 Å². The number of anilines is 1. The largest absolute Gasteiger partial charge is 0.477 e. The third-order valence-corrected chi connectivity index (χ3v) is 3.23. The smallest absolute Gasteiger partial charge is 0.342 e. The lowest BCUT2D eigenvalue weighted by atomic mass is 10.3. The van der Waals surface area contributed by atoms with E-state index < -0.39 is 5.97 Å². The zero-order valence-corrected chi connectivity index (χ0v) is 10.6. The number of hydrogen-bond acceptors (Lipinski definition) is 4. The Morgan fingerprint density at radius 3 is 2.67 bits per heavy atom. The summed E-state index contributed by atoms with van der Waals surface area (Å²) in [6.07, 6.45) is 0. The summed E-state index contributed by atoms with van der Waals surface area (Å²) in [4.78, 5) is 11.2. The third kappa shape index (κ3) is 2.19. The van der Waals surface area contributed by atoms with Crippen molar-refractivity contribution in [3.05, 3.63) is 35.9 Å². The van der Waals surface area contributed by atoms with Gasteiger partial charge in [0, 0.05) is 0 Å². The van der Waals surface area contributed by atoms with Gasteiger partial charge in [0.15, 0.2) is 0 Å². The van der Waals surface area contributed by atoms with Crippen molar-refractivity contribution in [2.45, 2.75) is 11.9 Å².